The van der Waals surface area contributed by atoms with Crippen LogP contribution in [0.5, 0.6) is 0 Å². The summed E-state index contributed by atoms with van der Waals surface area (Å²) in [5.41, 5.74) is 0. The molecule has 0 aliphatic carbocycles. The van der Waals surface area contributed by atoms with Crippen molar-refractivity contribution < 1.29 is 20.3 Å². The average Bonchev–Trinajstić information content (AvgIpc) is 1.76. The van der Waals surface area contributed by atoms with Crippen LogP contribution in [0.2, 0.25) is 0 Å². The second kappa shape index (κ2) is 29.5. The third-order valence-corrected chi connectivity index (χ3v) is 0. The third-order valence-electron chi connectivity index (χ3n) is 0. The molecule has 0 aliphatic heterocycles. The molecule has 8 radical (unpaired) electrons. The molecule has 0 aromatic heterocycles. The first kappa shape index (κ1) is 36.0. The normalized spacial score (nSPS) is 5.33. The first-order valence-electron chi connectivity index (χ1n) is 2.19. The first-order valence-corrected chi connectivity index (χ1v) is 2.19. The maximum absolute atomic E-state index is 8.25. The van der Waals surface area contributed by atoms with E-state index in [-0.39, 0.29) is 47.3 Å². The Morgan fingerprint density at radius 3 is 0.389 bits per heavy atom. The number of hydrogen-bond donors (Lipinski definition) is 0. The van der Waals surface area contributed by atoms with E-state index in [2.05, 4.69) is 0 Å². The van der Waals surface area contributed by atoms with Crippen LogP contribution in [-0.4, -0.2) is 67.7 Å². The van der Waals surface area contributed by atoms with Crippen LogP contribution in [0.1, 0.15) is 0 Å². The van der Waals surface area contributed by atoms with Gasteiger partial charge in [-0.05, 0) is 0 Å². The molecule has 104 valence electrons. The summed E-state index contributed by atoms with van der Waals surface area (Å²) < 4.78 is 0. The van der Waals surface area contributed by atoms with Gasteiger partial charge in [0.15, 0.2) is 0 Å². The van der Waals surface area contributed by atoms with E-state index in [9.17, 15) is 0 Å². The molecule has 0 saturated carbocycles. The quantitative estimate of drug-likeness (QED) is 0.203. The minimum absolute atomic E-state index is 0. The van der Waals surface area contributed by atoms with E-state index in [0.29, 0.717) is 0 Å². The molecule has 0 bridgehead atoms. The number of hydrogen-bond acceptors (Lipinski definition) is 12. The minimum atomic E-state index is -1.75. The molecular formula is N4O12Te2. The molecule has 0 heterocycles. The maximum Gasteiger partial charge on any atom is 2.00 e. The summed E-state index contributed by atoms with van der Waals surface area (Å²) in [5.74, 6) is 0. The van der Waals surface area contributed by atoms with Crippen molar-refractivity contribution in [2.24, 2.45) is 0 Å². The molecule has 0 unspecified atom stereocenters. The molecule has 0 amide bonds. The molecule has 0 spiro atoms. The van der Waals surface area contributed by atoms with E-state index in [4.69, 9.17) is 61.3 Å². The molecule has 0 rings (SSSR count). The zero-order chi connectivity index (χ0) is 14.3. The van der Waals surface area contributed by atoms with E-state index in [1.54, 1.807) is 0 Å². The molecule has 0 N–H and O–H groups in total. The van der Waals surface area contributed by atoms with Gasteiger partial charge in [0.1, 0.15) is 0 Å². The van der Waals surface area contributed by atoms with Gasteiger partial charge < -0.3 is 61.3 Å². The van der Waals surface area contributed by atoms with Gasteiger partial charge in [0.25, 0.3) is 0 Å². The number of nitrogens with zero attached hydrogens (tertiary/aromatic N) is 4. The fourth-order valence-corrected chi connectivity index (χ4v) is 0. The van der Waals surface area contributed by atoms with Gasteiger partial charge in [0.05, 0.1) is 20.3 Å². The molecule has 0 fully saturated rings. The van der Waals surface area contributed by atoms with Crippen LogP contribution in [0.25, 0.3) is 0 Å². The van der Waals surface area contributed by atoms with E-state index < -0.39 is 20.3 Å². The van der Waals surface area contributed by atoms with Gasteiger partial charge in [0, 0.05) is 0 Å². The van der Waals surface area contributed by atoms with Gasteiger partial charge in [-0.2, -0.15) is 0 Å². The molecule has 16 nitrogen and oxygen atoms in total. The van der Waals surface area contributed by atoms with Crippen molar-refractivity contribution in [2.75, 3.05) is 0 Å². The van der Waals surface area contributed by atoms with Crippen molar-refractivity contribution in [2.45, 2.75) is 0 Å². The van der Waals surface area contributed by atoms with E-state index in [1.807, 2.05) is 0 Å². The zero-order valence-corrected chi connectivity index (χ0v) is 12.2. The van der Waals surface area contributed by atoms with Crippen molar-refractivity contribution in [1.82, 2.24) is 0 Å². The summed E-state index contributed by atoms with van der Waals surface area (Å²) in [6.07, 6.45) is 0. The molecule has 0 aromatic carbocycles. The van der Waals surface area contributed by atoms with E-state index in [0.717, 1.165) is 0 Å². The minimum Gasteiger partial charge on any atom is -0.356 e. The zero-order valence-electron chi connectivity index (χ0n) is 7.50. The van der Waals surface area contributed by atoms with Crippen LogP contribution >= 0.6 is 0 Å². The Bertz CT molecular complexity index is 162. The first-order chi connectivity index (χ1) is 6.93. The Balaban J connectivity index is -0.0000000257. The largest absolute Gasteiger partial charge is 2.00 e. The summed E-state index contributed by atoms with van der Waals surface area (Å²) in [5, 5.41) is 59.0. The predicted molar refractivity (Wildman–Crippen MR) is 53.0 cm³/mol. The monoisotopic (exact) mass is 508 g/mol. The van der Waals surface area contributed by atoms with Gasteiger partial charge >= 0.3 is 47.3 Å². The van der Waals surface area contributed by atoms with Crippen molar-refractivity contribution >= 4 is 47.3 Å². The Labute approximate surface area is 129 Å². The average molecular weight is 503 g/mol. The molecular weight excluding hydrogens is 503 g/mol. The van der Waals surface area contributed by atoms with Crippen LogP contribution < -0.4 is 0 Å². The summed E-state index contributed by atoms with van der Waals surface area (Å²) in [7, 11) is 0. The van der Waals surface area contributed by atoms with E-state index >= 15 is 0 Å². The van der Waals surface area contributed by atoms with Gasteiger partial charge in [-0.3, -0.25) is 0 Å². The summed E-state index contributed by atoms with van der Waals surface area (Å²) >= 11 is 0. The second-order valence-electron chi connectivity index (χ2n) is 0.894. The van der Waals surface area contributed by atoms with Crippen LogP contribution in [0.4, 0.5) is 0 Å². The smallest absolute Gasteiger partial charge is 0.356 e. The summed E-state index contributed by atoms with van der Waals surface area (Å²) in [6.45, 7) is 0. The van der Waals surface area contributed by atoms with Gasteiger partial charge in [-0.25, -0.2) is 0 Å². The van der Waals surface area contributed by atoms with Crippen LogP contribution in [-0.2, 0) is 0 Å². The topological polar surface area (TPSA) is 265 Å². The van der Waals surface area contributed by atoms with Crippen LogP contribution in [0.15, 0.2) is 0 Å². The molecule has 18 heteroatoms. The van der Waals surface area contributed by atoms with Gasteiger partial charge in [0.2, 0.25) is 0 Å². The Morgan fingerprint density at radius 1 is 0.389 bits per heavy atom. The summed E-state index contributed by atoms with van der Waals surface area (Å²) in [6, 6.07) is 0. The fraction of sp³-hybridized carbons (Fsp3) is 0. The molecule has 0 aromatic rings. The predicted octanol–water partition coefficient (Wildman–Crippen LogP) is -1.72. The molecule has 0 atom stereocenters. The van der Waals surface area contributed by atoms with Crippen LogP contribution in [0, 0.1) is 61.3 Å². The van der Waals surface area contributed by atoms with Crippen molar-refractivity contribution in [3.05, 3.63) is 61.3 Å². The van der Waals surface area contributed by atoms with Crippen LogP contribution in [0.3, 0.4) is 0 Å². The molecule has 0 saturated heterocycles. The molecule has 18 heavy (non-hydrogen) atoms. The fourth-order valence-electron chi connectivity index (χ4n) is 0. The van der Waals surface area contributed by atoms with Gasteiger partial charge in [-0.1, -0.05) is 0 Å². The van der Waals surface area contributed by atoms with Crippen molar-refractivity contribution in [3.8, 4) is 0 Å². The standard InChI is InChI=1S/4NO3.2Te/c4*2-1(3)4;;/q4*-1;2*+2. The third kappa shape index (κ3) is 980. The molecule has 0 aliphatic rings. The van der Waals surface area contributed by atoms with Crippen molar-refractivity contribution in [3.63, 3.8) is 0 Å². The second-order valence-corrected chi connectivity index (χ2v) is 0.894. The maximum atomic E-state index is 8.25. The van der Waals surface area contributed by atoms with E-state index in [1.165, 1.54) is 0 Å². The Kier molecular flexibility index (Phi) is 59.0. The SMILES string of the molecule is O=[N+]([O-])[O-].O=[N+]([O-])[O-].O=[N+]([O-])[O-].O=[N+]([O-])[O-].[Te+2].[Te+2]. The Hall–Kier alpha value is -1.62. The van der Waals surface area contributed by atoms with Crippen molar-refractivity contribution in [1.29, 1.82) is 0 Å². The summed E-state index contributed by atoms with van der Waals surface area (Å²) in [4.78, 5) is 33.0. The number of rotatable bonds is 0. The van der Waals surface area contributed by atoms with Gasteiger partial charge in [-0.15, -0.1) is 0 Å². The Morgan fingerprint density at radius 2 is 0.389 bits per heavy atom.